The molecule has 0 amide bonds. The largest absolute Gasteiger partial charge is 0.351 e. The molecule has 0 aliphatic heterocycles. The van der Waals surface area contributed by atoms with E-state index in [1.807, 2.05) is 38.1 Å². The highest BCUT2D eigenvalue weighted by molar-refractivity contribution is 7.20. The molecule has 0 aliphatic carbocycles. The SMILES string of the molecule is CCc1cc(=O)n2nc(NC(C)c3nc(-c4ccc(Cl)cc4)c(C)s3)sc2n1. The molecule has 1 N–H and O–H groups in total. The molecule has 0 radical (unpaired) electrons. The Morgan fingerprint density at radius 3 is 2.68 bits per heavy atom. The van der Waals surface area contributed by atoms with Crippen LogP contribution < -0.4 is 10.9 Å². The number of hydrogen-bond acceptors (Lipinski definition) is 7. The fraction of sp³-hybridized carbons (Fsp3) is 0.263. The van der Waals surface area contributed by atoms with Gasteiger partial charge in [-0.1, -0.05) is 42.0 Å². The van der Waals surface area contributed by atoms with Crippen LogP contribution in [0.15, 0.2) is 35.1 Å². The van der Waals surface area contributed by atoms with E-state index in [4.69, 9.17) is 16.6 Å². The molecule has 3 aromatic heterocycles. The standard InChI is InChI=1S/C19H18ClN5OS2/c1-4-14-9-15(26)25-19(22-14)28-18(24-25)21-10(2)17-23-16(11(3)27-17)12-5-7-13(20)8-6-12/h5-10H,4H2,1-3H3,(H,21,24). The number of benzene rings is 1. The van der Waals surface area contributed by atoms with Crippen LogP contribution in [0.25, 0.3) is 16.2 Å². The highest BCUT2D eigenvalue weighted by Crippen LogP contribution is 2.32. The van der Waals surface area contributed by atoms with Gasteiger partial charge in [-0.15, -0.1) is 16.4 Å². The lowest BCUT2D eigenvalue weighted by Gasteiger charge is -2.08. The highest BCUT2D eigenvalue weighted by atomic mass is 35.5. The molecular formula is C19H18ClN5OS2. The van der Waals surface area contributed by atoms with Gasteiger partial charge < -0.3 is 5.32 Å². The number of hydrogen-bond donors (Lipinski definition) is 1. The van der Waals surface area contributed by atoms with Gasteiger partial charge in [0.1, 0.15) is 5.01 Å². The van der Waals surface area contributed by atoms with Crippen molar-refractivity contribution in [3.63, 3.8) is 0 Å². The third-order valence-electron chi connectivity index (χ3n) is 4.30. The number of thiazole rings is 1. The molecule has 0 saturated heterocycles. The monoisotopic (exact) mass is 431 g/mol. The topological polar surface area (TPSA) is 72.2 Å². The average molecular weight is 432 g/mol. The van der Waals surface area contributed by atoms with E-state index in [0.717, 1.165) is 26.8 Å². The zero-order chi connectivity index (χ0) is 19.8. The minimum Gasteiger partial charge on any atom is -0.351 e. The zero-order valence-corrected chi connectivity index (χ0v) is 18.0. The summed E-state index contributed by atoms with van der Waals surface area (Å²) >= 11 is 8.99. The first-order chi connectivity index (χ1) is 13.4. The molecule has 0 fully saturated rings. The molecule has 4 aromatic rings. The van der Waals surface area contributed by atoms with Crippen molar-refractivity contribution >= 4 is 44.4 Å². The molecule has 4 rings (SSSR count). The number of fused-ring (bicyclic) bond motifs is 1. The third kappa shape index (κ3) is 3.67. The Balaban J connectivity index is 1.60. The van der Waals surface area contributed by atoms with Crippen LogP contribution in [0.4, 0.5) is 5.13 Å². The summed E-state index contributed by atoms with van der Waals surface area (Å²) < 4.78 is 1.34. The van der Waals surface area contributed by atoms with Crippen molar-refractivity contribution < 1.29 is 0 Å². The Kier molecular flexibility index (Phi) is 5.18. The van der Waals surface area contributed by atoms with Crippen molar-refractivity contribution in [2.75, 3.05) is 5.32 Å². The Morgan fingerprint density at radius 1 is 1.21 bits per heavy atom. The van der Waals surface area contributed by atoms with Crippen LogP contribution in [0.3, 0.4) is 0 Å². The van der Waals surface area contributed by atoms with Crippen molar-refractivity contribution in [1.82, 2.24) is 19.6 Å². The van der Waals surface area contributed by atoms with E-state index < -0.39 is 0 Å². The maximum absolute atomic E-state index is 12.2. The second-order valence-corrected chi connectivity index (χ2v) is 9.00. The fourth-order valence-corrected chi connectivity index (χ4v) is 4.80. The first-order valence-corrected chi connectivity index (χ1v) is 10.8. The summed E-state index contributed by atoms with van der Waals surface area (Å²) in [5.41, 5.74) is 2.62. The normalized spacial score (nSPS) is 12.4. The lowest BCUT2D eigenvalue weighted by Crippen LogP contribution is -2.15. The van der Waals surface area contributed by atoms with Gasteiger partial charge in [-0.25, -0.2) is 9.97 Å². The zero-order valence-electron chi connectivity index (χ0n) is 15.6. The minimum atomic E-state index is -0.158. The lowest BCUT2D eigenvalue weighted by molar-refractivity contribution is 0.835. The number of nitrogens with one attached hydrogen (secondary N) is 1. The van der Waals surface area contributed by atoms with Gasteiger partial charge in [0.05, 0.1) is 11.7 Å². The molecule has 1 atom stereocenters. The van der Waals surface area contributed by atoms with E-state index in [1.54, 1.807) is 11.3 Å². The molecule has 9 heteroatoms. The lowest BCUT2D eigenvalue weighted by atomic mass is 10.1. The van der Waals surface area contributed by atoms with Gasteiger partial charge in [0, 0.05) is 27.2 Å². The van der Waals surface area contributed by atoms with Gasteiger partial charge in [0.25, 0.3) is 5.56 Å². The van der Waals surface area contributed by atoms with Crippen LogP contribution >= 0.6 is 34.3 Å². The maximum Gasteiger partial charge on any atom is 0.275 e. The molecular weight excluding hydrogens is 414 g/mol. The summed E-state index contributed by atoms with van der Waals surface area (Å²) in [4.78, 5) is 23.2. The van der Waals surface area contributed by atoms with Gasteiger partial charge in [-0.2, -0.15) is 4.52 Å². The molecule has 3 heterocycles. The van der Waals surface area contributed by atoms with E-state index in [-0.39, 0.29) is 11.6 Å². The highest BCUT2D eigenvalue weighted by Gasteiger charge is 2.17. The quantitative estimate of drug-likeness (QED) is 0.482. The Bertz CT molecular complexity index is 1200. The van der Waals surface area contributed by atoms with Gasteiger partial charge in [-0.3, -0.25) is 4.79 Å². The first kappa shape index (κ1) is 19.0. The first-order valence-electron chi connectivity index (χ1n) is 8.84. The molecule has 0 aliphatic rings. The minimum absolute atomic E-state index is 0.0494. The van der Waals surface area contributed by atoms with Crippen LogP contribution in [-0.4, -0.2) is 19.6 Å². The molecule has 1 aromatic carbocycles. The number of aryl methyl sites for hydroxylation is 2. The van der Waals surface area contributed by atoms with Gasteiger partial charge in [0.2, 0.25) is 10.1 Å². The van der Waals surface area contributed by atoms with Gasteiger partial charge in [-0.05, 0) is 32.4 Å². The smallest absolute Gasteiger partial charge is 0.275 e. The molecule has 28 heavy (non-hydrogen) atoms. The van der Waals surface area contributed by atoms with Crippen LogP contribution in [-0.2, 0) is 6.42 Å². The fourth-order valence-electron chi connectivity index (χ4n) is 2.82. The molecule has 6 nitrogen and oxygen atoms in total. The van der Waals surface area contributed by atoms with Crippen molar-refractivity contribution in [1.29, 1.82) is 0 Å². The van der Waals surface area contributed by atoms with E-state index in [0.29, 0.717) is 21.5 Å². The maximum atomic E-state index is 12.2. The van der Waals surface area contributed by atoms with Gasteiger partial charge >= 0.3 is 0 Å². The Hall–Kier alpha value is -2.29. The predicted octanol–water partition coefficient (Wildman–Crippen LogP) is 4.97. The number of nitrogens with zero attached hydrogens (tertiary/aromatic N) is 4. The Labute approximate surface area is 174 Å². The molecule has 1 unspecified atom stereocenters. The second kappa shape index (κ2) is 7.62. The molecule has 0 saturated carbocycles. The summed E-state index contributed by atoms with van der Waals surface area (Å²) in [5.74, 6) is 0. The van der Waals surface area contributed by atoms with Crippen molar-refractivity contribution in [2.24, 2.45) is 0 Å². The number of aromatic nitrogens is 4. The number of rotatable bonds is 5. The molecule has 144 valence electrons. The van der Waals surface area contributed by atoms with Crippen molar-refractivity contribution in [3.05, 3.63) is 61.3 Å². The average Bonchev–Trinajstić information content (AvgIpc) is 3.26. The summed E-state index contributed by atoms with van der Waals surface area (Å²) in [5, 5.41) is 10.0. The van der Waals surface area contributed by atoms with E-state index in [1.165, 1.54) is 21.9 Å². The summed E-state index contributed by atoms with van der Waals surface area (Å²) in [6.07, 6.45) is 0.717. The predicted molar refractivity (Wildman–Crippen MR) is 116 cm³/mol. The van der Waals surface area contributed by atoms with Crippen molar-refractivity contribution in [2.45, 2.75) is 33.2 Å². The van der Waals surface area contributed by atoms with Crippen LogP contribution in [0.5, 0.6) is 0 Å². The number of halogens is 1. The second-order valence-electron chi connectivity index (χ2n) is 6.37. The van der Waals surface area contributed by atoms with Gasteiger partial charge in [0.15, 0.2) is 0 Å². The molecule has 0 bridgehead atoms. The van der Waals surface area contributed by atoms with E-state index in [9.17, 15) is 4.79 Å². The summed E-state index contributed by atoms with van der Waals surface area (Å²) in [6.45, 7) is 6.07. The van der Waals surface area contributed by atoms with E-state index in [2.05, 4.69) is 22.3 Å². The number of anilines is 1. The van der Waals surface area contributed by atoms with Crippen molar-refractivity contribution in [3.8, 4) is 11.3 Å². The van der Waals surface area contributed by atoms with Crippen LogP contribution in [0.2, 0.25) is 5.02 Å². The third-order valence-corrected chi connectivity index (χ3v) is 6.55. The molecule has 0 spiro atoms. The van der Waals surface area contributed by atoms with Crippen LogP contribution in [0, 0.1) is 6.92 Å². The summed E-state index contributed by atoms with van der Waals surface area (Å²) in [7, 11) is 0. The van der Waals surface area contributed by atoms with Crippen LogP contribution in [0.1, 0.15) is 35.5 Å². The summed E-state index contributed by atoms with van der Waals surface area (Å²) in [6, 6.07) is 9.17. The Morgan fingerprint density at radius 2 is 1.96 bits per heavy atom. The van der Waals surface area contributed by atoms with E-state index >= 15 is 0 Å².